The molecule has 0 bridgehead atoms. The van der Waals surface area contributed by atoms with E-state index in [-0.39, 0.29) is 46.5 Å². The fourth-order valence-corrected chi connectivity index (χ4v) is 6.99. The van der Waals surface area contributed by atoms with Gasteiger partial charge in [0.15, 0.2) is 22.7 Å². The first-order chi connectivity index (χ1) is 26.7. The van der Waals surface area contributed by atoms with Gasteiger partial charge in [0.1, 0.15) is 30.2 Å². The van der Waals surface area contributed by atoms with Crippen molar-refractivity contribution >= 4 is 11.6 Å². The van der Waals surface area contributed by atoms with Crippen LogP contribution >= 0.6 is 0 Å². The first-order valence-electron chi connectivity index (χ1n) is 18.3. The van der Waals surface area contributed by atoms with Crippen molar-refractivity contribution in [1.82, 2.24) is 9.55 Å². The van der Waals surface area contributed by atoms with Gasteiger partial charge in [-0.1, -0.05) is 30.3 Å². The highest BCUT2D eigenvalue weighted by atomic mass is 19.1. The van der Waals surface area contributed by atoms with Crippen LogP contribution in [-0.2, 0) is 27.2 Å². The van der Waals surface area contributed by atoms with Gasteiger partial charge in [0, 0.05) is 72.6 Å². The van der Waals surface area contributed by atoms with Crippen LogP contribution in [0.15, 0.2) is 84.0 Å². The van der Waals surface area contributed by atoms with Gasteiger partial charge in [0.2, 0.25) is 0 Å². The smallest absolute Gasteiger partial charge is 0.200 e. The number of halogens is 2. The molecular weight excluding hydrogens is 708 g/mol. The Morgan fingerprint density at radius 2 is 1.65 bits per heavy atom. The molecule has 2 aromatic heterocycles. The Balaban J connectivity index is 1.13. The van der Waals surface area contributed by atoms with E-state index in [9.17, 15) is 9.59 Å². The second-order valence-corrected chi connectivity index (χ2v) is 14.0. The minimum atomic E-state index is -0.612. The third-order valence-corrected chi connectivity index (χ3v) is 10.0. The number of nitrogens with two attached hydrogens (primary N) is 1. The molecule has 5 aromatic rings. The maximum absolute atomic E-state index is 15.9. The maximum atomic E-state index is 15.9. The van der Waals surface area contributed by atoms with Gasteiger partial charge in [-0.05, 0) is 72.7 Å². The number of anilines is 1. The number of ketones is 1. The van der Waals surface area contributed by atoms with Crippen LogP contribution in [0, 0.1) is 24.5 Å². The highest BCUT2D eigenvalue weighted by Gasteiger charge is 2.22. The summed E-state index contributed by atoms with van der Waals surface area (Å²) in [5.74, 6) is -0.232. The summed E-state index contributed by atoms with van der Waals surface area (Å²) < 4.78 is 61.0. The summed E-state index contributed by atoms with van der Waals surface area (Å²) in [4.78, 5) is 31.9. The van der Waals surface area contributed by atoms with Crippen LogP contribution in [0.4, 0.5) is 14.6 Å². The van der Waals surface area contributed by atoms with Crippen molar-refractivity contribution in [2.75, 3.05) is 52.5 Å². The number of aryl methyl sites for hydroxylation is 1. The average molecular weight is 752 g/mol. The fraction of sp³-hybridized carbons (Fsp3) is 0.326. The van der Waals surface area contributed by atoms with Crippen LogP contribution in [0.25, 0.3) is 33.4 Å². The summed E-state index contributed by atoms with van der Waals surface area (Å²) >= 11 is 0. The lowest BCUT2D eigenvalue weighted by Gasteiger charge is -2.23. The lowest BCUT2D eigenvalue weighted by atomic mass is 9.96. The Labute approximate surface area is 317 Å². The summed E-state index contributed by atoms with van der Waals surface area (Å²) in [5, 5.41) is 0. The van der Waals surface area contributed by atoms with Gasteiger partial charge in [0.25, 0.3) is 0 Å². The topological polar surface area (TPSA) is 124 Å². The normalized spacial score (nSPS) is 16.2. The van der Waals surface area contributed by atoms with E-state index in [1.54, 1.807) is 73.5 Å². The molecule has 1 unspecified atom stereocenters. The second kappa shape index (κ2) is 16.9. The molecule has 12 heteroatoms. The molecule has 7 rings (SSSR count). The number of benzene rings is 3. The second-order valence-electron chi connectivity index (χ2n) is 14.0. The van der Waals surface area contributed by atoms with Crippen LogP contribution < -0.4 is 20.6 Å². The number of aromatic nitrogens is 2. The molecule has 1 atom stereocenters. The number of ether oxygens (including phenoxy) is 5. The van der Waals surface area contributed by atoms with E-state index in [0.717, 1.165) is 18.4 Å². The van der Waals surface area contributed by atoms with E-state index in [2.05, 4.69) is 4.98 Å². The van der Waals surface area contributed by atoms with Crippen molar-refractivity contribution in [2.45, 2.75) is 38.8 Å². The predicted octanol–water partition coefficient (Wildman–Crippen LogP) is 7.07. The molecule has 286 valence electrons. The number of carbonyl (C=O) groups is 1. The first-order valence-corrected chi connectivity index (χ1v) is 18.3. The number of methoxy groups -OCH3 is 1. The van der Waals surface area contributed by atoms with Gasteiger partial charge in [0.05, 0.1) is 32.5 Å². The molecule has 2 saturated heterocycles. The Morgan fingerprint density at radius 1 is 0.873 bits per heavy atom. The highest BCUT2D eigenvalue weighted by Crippen LogP contribution is 2.36. The Morgan fingerprint density at radius 3 is 2.40 bits per heavy atom. The van der Waals surface area contributed by atoms with Crippen LogP contribution in [0.5, 0.6) is 11.5 Å². The molecule has 4 heterocycles. The maximum Gasteiger partial charge on any atom is 0.200 e. The third kappa shape index (κ3) is 8.77. The number of rotatable bonds is 12. The van der Waals surface area contributed by atoms with E-state index < -0.39 is 22.8 Å². The molecule has 10 nitrogen and oxygen atoms in total. The van der Waals surface area contributed by atoms with Crippen LogP contribution in [0.3, 0.4) is 0 Å². The summed E-state index contributed by atoms with van der Waals surface area (Å²) in [6, 6.07) is 16.3. The number of hydrogen-bond acceptors (Lipinski definition) is 9. The summed E-state index contributed by atoms with van der Waals surface area (Å²) in [7, 11) is 1.55. The van der Waals surface area contributed by atoms with Crippen molar-refractivity contribution < 1.29 is 37.3 Å². The van der Waals surface area contributed by atoms with Crippen LogP contribution in [0.1, 0.15) is 34.3 Å². The lowest BCUT2D eigenvalue weighted by molar-refractivity contribution is -0.101. The van der Waals surface area contributed by atoms with E-state index in [1.807, 2.05) is 6.07 Å². The number of Topliss-reactive ketones (excluding diaryl/α,β-unsaturated/α-hetero) is 1. The SMILES string of the molecule is COc1cc(-c2cnc(N)c(-c3ccc(CC(=O)c4cn(CC5CCOCC5)cc(-c5ccc(C)cc5F)c4=O)cc3F)c2)ccc1OCC1COCCO1. The number of nitrogens with zero attached hydrogens (tertiary/aromatic N) is 2. The summed E-state index contributed by atoms with van der Waals surface area (Å²) in [6.45, 7) is 5.41. The molecule has 2 aliphatic rings. The van der Waals surface area contributed by atoms with Crippen molar-refractivity contribution in [3.8, 4) is 44.9 Å². The van der Waals surface area contributed by atoms with Gasteiger partial charge in [-0.3, -0.25) is 9.59 Å². The zero-order chi connectivity index (χ0) is 38.5. The van der Waals surface area contributed by atoms with E-state index in [4.69, 9.17) is 29.4 Å². The summed E-state index contributed by atoms with van der Waals surface area (Å²) in [5.41, 5.74) is 8.87. The molecule has 0 radical (unpaired) electrons. The lowest BCUT2D eigenvalue weighted by Crippen LogP contribution is -2.33. The van der Waals surface area contributed by atoms with Crippen molar-refractivity contribution in [3.63, 3.8) is 0 Å². The monoisotopic (exact) mass is 751 g/mol. The fourth-order valence-electron chi connectivity index (χ4n) is 6.99. The number of pyridine rings is 2. The zero-order valence-electron chi connectivity index (χ0n) is 30.8. The van der Waals surface area contributed by atoms with Crippen LogP contribution in [-0.4, -0.2) is 68.2 Å². The molecule has 0 aliphatic carbocycles. The molecule has 55 heavy (non-hydrogen) atoms. The van der Waals surface area contributed by atoms with Crippen molar-refractivity contribution in [1.29, 1.82) is 0 Å². The highest BCUT2D eigenvalue weighted by molar-refractivity contribution is 5.98. The quantitative estimate of drug-likeness (QED) is 0.133. The van der Waals surface area contributed by atoms with Gasteiger partial charge in [-0.2, -0.15) is 0 Å². The van der Waals surface area contributed by atoms with Crippen LogP contribution in [0.2, 0.25) is 0 Å². The van der Waals surface area contributed by atoms with E-state index >= 15 is 8.78 Å². The zero-order valence-corrected chi connectivity index (χ0v) is 30.8. The minimum absolute atomic E-state index is 0.0849. The number of carbonyl (C=O) groups excluding carboxylic acids is 1. The minimum Gasteiger partial charge on any atom is -0.493 e. The Hall–Kier alpha value is -5.43. The number of hydrogen-bond donors (Lipinski definition) is 1. The molecule has 2 N–H and O–H groups in total. The van der Waals surface area contributed by atoms with Gasteiger partial charge in [-0.25, -0.2) is 13.8 Å². The first kappa shape index (κ1) is 37.9. The molecule has 0 spiro atoms. The largest absolute Gasteiger partial charge is 0.493 e. The Bertz CT molecular complexity index is 2250. The van der Waals surface area contributed by atoms with E-state index in [1.165, 1.54) is 18.3 Å². The van der Waals surface area contributed by atoms with E-state index in [0.29, 0.717) is 79.9 Å². The standard InChI is InChI=1S/C43H43F2N3O7/c1-26-3-6-33(37(44)15-26)35-22-48(21-27-9-11-52-12-10-27)23-36(42(35)50)39(49)17-28-4-7-32(38(45)16-28)34-18-30(20-47-43(34)46)29-5-8-40(41(19-29)51-2)55-25-31-24-53-13-14-54-31/h3-8,15-16,18-20,22-23,27,31H,9-14,17,21,24-25H2,1-2H3,(H2,46,47). The Kier molecular flexibility index (Phi) is 11.7. The molecule has 0 amide bonds. The predicted molar refractivity (Wildman–Crippen MR) is 204 cm³/mol. The average Bonchev–Trinajstić information content (AvgIpc) is 3.19. The number of nitrogen functional groups attached to an aromatic ring is 1. The third-order valence-electron chi connectivity index (χ3n) is 10.0. The molecule has 3 aromatic carbocycles. The van der Waals surface area contributed by atoms with Crippen molar-refractivity contribution in [3.05, 3.63) is 118 Å². The molecular formula is C43H43F2N3O7. The molecule has 2 aliphatic heterocycles. The molecule has 0 saturated carbocycles. The summed E-state index contributed by atoms with van der Waals surface area (Å²) in [6.07, 6.45) is 5.99. The van der Waals surface area contributed by atoms with Gasteiger partial charge in [-0.15, -0.1) is 0 Å². The van der Waals surface area contributed by atoms with Crippen molar-refractivity contribution in [2.24, 2.45) is 5.92 Å². The molecule has 2 fully saturated rings. The van der Waals surface area contributed by atoms with Gasteiger partial charge >= 0.3 is 0 Å². The van der Waals surface area contributed by atoms with Gasteiger partial charge < -0.3 is 34.0 Å².